The Kier molecular flexibility index (Phi) is 3.02. The second-order valence-corrected chi connectivity index (χ2v) is 2.79. The van der Waals surface area contributed by atoms with Gasteiger partial charge in [0.1, 0.15) is 11.7 Å². The van der Waals surface area contributed by atoms with Crippen molar-refractivity contribution in [1.29, 1.82) is 5.26 Å². The Morgan fingerprint density at radius 1 is 1.50 bits per heavy atom. The molecule has 5 nitrogen and oxygen atoms in total. The van der Waals surface area contributed by atoms with E-state index in [2.05, 4.69) is 0 Å². The van der Waals surface area contributed by atoms with Crippen LogP contribution in [0.25, 0.3) is 0 Å². The molecular formula is C9H8N2O3. The second-order valence-electron chi connectivity index (χ2n) is 2.79. The van der Waals surface area contributed by atoms with Gasteiger partial charge in [0.15, 0.2) is 0 Å². The van der Waals surface area contributed by atoms with Crippen molar-refractivity contribution in [3.8, 4) is 11.8 Å². The van der Waals surface area contributed by atoms with Crippen molar-refractivity contribution in [3.63, 3.8) is 0 Å². The van der Waals surface area contributed by atoms with E-state index in [1.807, 2.05) is 6.07 Å². The summed E-state index contributed by atoms with van der Waals surface area (Å²) in [6, 6.07) is 7.66. The van der Waals surface area contributed by atoms with E-state index in [9.17, 15) is 10.1 Å². The predicted octanol–water partition coefficient (Wildman–Crippen LogP) is 1.28. The first-order valence-electron chi connectivity index (χ1n) is 3.94. The molecule has 0 aromatic heterocycles. The number of phenols is 1. The summed E-state index contributed by atoms with van der Waals surface area (Å²) >= 11 is 0. The third-order valence-corrected chi connectivity index (χ3v) is 1.78. The molecule has 0 fully saturated rings. The molecule has 0 saturated heterocycles. The van der Waals surface area contributed by atoms with Crippen LogP contribution in [0.5, 0.6) is 5.75 Å². The molecule has 1 aromatic rings. The molecule has 1 aromatic carbocycles. The Bertz CT molecular complexity index is 367. The predicted molar refractivity (Wildman–Crippen MR) is 48.3 cm³/mol. The fraction of sp³-hybridized carbons (Fsp3) is 0.222. The summed E-state index contributed by atoms with van der Waals surface area (Å²) in [4.78, 5) is 9.69. The average Bonchev–Trinajstić information content (AvgIpc) is 2.15. The number of benzene rings is 1. The molecule has 5 heteroatoms. The molecule has 0 saturated carbocycles. The van der Waals surface area contributed by atoms with E-state index in [0.717, 1.165) is 0 Å². The van der Waals surface area contributed by atoms with Gasteiger partial charge in [-0.3, -0.25) is 10.1 Å². The van der Waals surface area contributed by atoms with Crippen LogP contribution in [-0.2, 0) is 0 Å². The lowest BCUT2D eigenvalue weighted by Crippen LogP contribution is -2.10. The lowest BCUT2D eigenvalue weighted by molar-refractivity contribution is -0.481. The number of hydrogen-bond donors (Lipinski definition) is 1. The van der Waals surface area contributed by atoms with E-state index in [1.54, 1.807) is 0 Å². The fourth-order valence-corrected chi connectivity index (χ4v) is 1.08. The van der Waals surface area contributed by atoms with Crippen molar-refractivity contribution < 1.29 is 10.0 Å². The van der Waals surface area contributed by atoms with E-state index in [-0.39, 0.29) is 5.75 Å². The number of aromatic hydroxyl groups is 1. The summed E-state index contributed by atoms with van der Waals surface area (Å²) in [6.07, 6.45) is 0. The van der Waals surface area contributed by atoms with Crippen LogP contribution in [0.2, 0.25) is 0 Å². The normalized spacial score (nSPS) is 11.6. The SMILES string of the molecule is N#CC(C[N+](=O)[O-])c1ccc(O)cc1. The molecule has 1 atom stereocenters. The van der Waals surface area contributed by atoms with E-state index in [0.29, 0.717) is 5.56 Å². The molecule has 0 aliphatic rings. The van der Waals surface area contributed by atoms with Gasteiger partial charge in [0.2, 0.25) is 6.54 Å². The maximum atomic E-state index is 10.2. The van der Waals surface area contributed by atoms with Crippen LogP contribution in [0.1, 0.15) is 11.5 Å². The molecule has 1 unspecified atom stereocenters. The molecule has 0 aliphatic heterocycles. The van der Waals surface area contributed by atoms with Crippen LogP contribution >= 0.6 is 0 Å². The third-order valence-electron chi connectivity index (χ3n) is 1.78. The number of rotatable bonds is 3. The standard InChI is InChI=1S/C9H8N2O3/c10-5-8(6-11(13)14)7-1-3-9(12)4-2-7/h1-4,8,12H,6H2. The summed E-state index contributed by atoms with van der Waals surface area (Å²) in [5.41, 5.74) is 0.544. The van der Waals surface area contributed by atoms with Crippen LogP contribution in [0.4, 0.5) is 0 Å². The van der Waals surface area contributed by atoms with Gasteiger partial charge >= 0.3 is 0 Å². The van der Waals surface area contributed by atoms with Gasteiger partial charge < -0.3 is 5.11 Å². The second kappa shape index (κ2) is 4.23. The number of phenolic OH excluding ortho intramolecular Hbond substituents is 1. The maximum Gasteiger partial charge on any atom is 0.223 e. The highest BCUT2D eigenvalue weighted by atomic mass is 16.6. The van der Waals surface area contributed by atoms with Gasteiger partial charge in [-0.05, 0) is 17.7 Å². The van der Waals surface area contributed by atoms with Crippen molar-refractivity contribution in [1.82, 2.24) is 0 Å². The Balaban J connectivity index is 2.85. The summed E-state index contributed by atoms with van der Waals surface area (Å²) in [5.74, 6) is -0.683. The van der Waals surface area contributed by atoms with Crippen molar-refractivity contribution >= 4 is 0 Å². The molecule has 0 aliphatic carbocycles. The van der Waals surface area contributed by atoms with Crippen LogP contribution in [-0.4, -0.2) is 16.6 Å². The van der Waals surface area contributed by atoms with Gasteiger partial charge in [-0.25, -0.2) is 0 Å². The monoisotopic (exact) mass is 192 g/mol. The molecule has 1 rings (SSSR count). The Hall–Kier alpha value is -2.09. The minimum absolute atomic E-state index is 0.0755. The minimum Gasteiger partial charge on any atom is -0.508 e. The zero-order valence-electron chi connectivity index (χ0n) is 7.25. The van der Waals surface area contributed by atoms with Gasteiger partial charge in [0.05, 0.1) is 6.07 Å². The first-order valence-corrected chi connectivity index (χ1v) is 3.94. The van der Waals surface area contributed by atoms with Gasteiger partial charge in [-0.15, -0.1) is 0 Å². The summed E-state index contributed by atoms with van der Waals surface area (Å²) in [5, 5.41) is 27.9. The van der Waals surface area contributed by atoms with E-state index in [1.165, 1.54) is 24.3 Å². The van der Waals surface area contributed by atoms with Crippen LogP contribution in [0, 0.1) is 21.4 Å². The fourth-order valence-electron chi connectivity index (χ4n) is 1.08. The molecule has 0 amide bonds. The lowest BCUT2D eigenvalue weighted by atomic mass is 10.0. The van der Waals surface area contributed by atoms with E-state index in [4.69, 9.17) is 10.4 Å². The first kappa shape index (κ1) is 9.99. The Morgan fingerprint density at radius 2 is 2.07 bits per heavy atom. The highest BCUT2D eigenvalue weighted by Gasteiger charge is 2.16. The molecule has 14 heavy (non-hydrogen) atoms. The first-order chi connectivity index (χ1) is 6.63. The highest BCUT2D eigenvalue weighted by Crippen LogP contribution is 2.18. The Morgan fingerprint density at radius 3 is 2.50 bits per heavy atom. The van der Waals surface area contributed by atoms with Gasteiger partial charge in [0, 0.05) is 4.92 Å². The van der Waals surface area contributed by atoms with Crippen molar-refractivity contribution in [2.45, 2.75) is 5.92 Å². The number of nitro groups is 1. The molecule has 0 spiro atoms. The lowest BCUT2D eigenvalue weighted by Gasteiger charge is -2.03. The van der Waals surface area contributed by atoms with Crippen molar-refractivity contribution in [2.24, 2.45) is 0 Å². The number of hydrogen-bond acceptors (Lipinski definition) is 4. The van der Waals surface area contributed by atoms with Crippen molar-refractivity contribution in [2.75, 3.05) is 6.54 Å². The van der Waals surface area contributed by atoms with E-state index >= 15 is 0 Å². The maximum absolute atomic E-state index is 10.2. The minimum atomic E-state index is -0.759. The molecule has 0 bridgehead atoms. The summed E-state index contributed by atoms with van der Waals surface area (Å²) < 4.78 is 0. The highest BCUT2D eigenvalue weighted by molar-refractivity contribution is 5.31. The van der Waals surface area contributed by atoms with Crippen LogP contribution in [0.3, 0.4) is 0 Å². The Labute approximate surface area is 80.4 Å². The molecule has 0 radical (unpaired) electrons. The third kappa shape index (κ3) is 2.45. The smallest absolute Gasteiger partial charge is 0.223 e. The molecular weight excluding hydrogens is 184 g/mol. The van der Waals surface area contributed by atoms with Crippen LogP contribution < -0.4 is 0 Å². The van der Waals surface area contributed by atoms with Crippen LogP contribution in [0.15, 0.2) is 24.3 Å². The van der Waals surface area contributed by atoms with Gasteiger partial charge in [-0.1, -0.05) is 12.1 Å². The quantitative estimate of drug-likeness (QED) is 0.577. The molecule has 0 heterocycles. The number of nitrogens with zero attached hydrogens (tertiary/aromatic N) is 2. The van der Waals surface area contributed by atoms with Crippen molar-refractivity contribution in [3.05, 3.63) is 39.9 Å². The number of nitriles is 1. The molecule has 1 N–H and O–H groups in total. The zero-order valence-corrected chi connectivity index (χ0v) is 7.25. The summed E-state index contributed by atoms with van der Waals surface area (Å²) in [7, 11) is 0. The summed E-state index contributed by atoms with van der Waals surface area (Å²) in [6.45, 7) is -0.415. The van der Waals surface area contributed by atoms with Gasteiger partial charge in [-0.2, -0.15) is 5.26 Å². The largest absolute Gasteiger partial charge is 0.508 e. The topological polar surface area (TPSA) is 87.2 Å². The zero-order chi connectivity index (χ0) is 10.6. The average molecular weight is 192 g/mol. The van der Waals surface area contributed by atoms with E-state index < -0.39 is 17.4 Å². The van der Waals surface area contributed by atoms with Gasteiger partial charge in [0.25, 0.3) is 0 Å². The molecule has 72 valence electrons.